The molecule has 2 aromatic rings. The molecule has 0 aliphatic rings. The van der Waals surface area contributed by atoms with Gasteiger partial charge in [0.15, 0.2) is 0 Å². The van der Waals surface area contributed by atoms with E-state index >= 15 is 0 Å². The number of rotatable bonds is 6. The molecule has 0 heterocycles. The number of methoxy groups -OCH3 is 1. The second kappa shape index (κ2) is 8.69. The number of nitrogens with one attached hydrogen (secondary N) is 2. The summed E-state index contributed by atoms with van der Waals surface area (Å²) < 4.78 is 5.20. The van der Waals surface area contributed by atoms with Crippen molar-refractivity contribution in [1.82, 2.24) is 10.6 Å². The average molecular weight is 327 g/mol. The maximum Gasteiger partial charge on any atom is 0.309 e. The fraction of sp³-hybridized carbons (Fsp3) is 0.222. The number of amides is 2. The first-order valence-corrected chi connectivity index (χ1v) is 7.60. The SMILES string of the molecule is COc1ccccc1CNC(=O)C(=O)NCc1cccc(CN)c1. The van der Waals surface area contributed by atoms with Gasteiger partial charge in [-0.05, 0) is 17.2 Å². The van der Waals surface area contributed by atoms with Crippen molar-refractivity contribution in [2.24, 2.45) is 5.73 Å². The molecule has 0 unspecified atom stereocenters. The first kappa shape index (κ1) is 17.5. The normalized spacial score (nSPS) is 10.1. The van der Waals surface area contributed by atoms with Crippen LogP contribution < -0.4 is 21.1 Å². The van der Waals surface area contributed by atoms with Crippen molar-refractivity contribution in [3.63, 3.8) is 0 Å². The summed E-state index contributed by atoms with van der Waals surface area (Å²) >= 11 is 0. The van der Waals surface area contributed by atoms with E-state index in [1.807, 2.05) is 42.5 Å². The monoisotopic (exact) mass is 327 g/mol. The summed E-state index contributed by atoms with van der Waals surface area (Å²) in [5, 5.41) is 5.17. The van der Waals surface area contributed by atoms with Crippen molar-refractivity contribution < 1.29 is 14.3 Å². The standard InChI is InChI=1S/C18H21N3O3/c1-24-16-8-3-2-7-15(16)12-21-18(23)17(22)20-11-14-6-4-5-13(9-14)10-19/h2-9H,10-12,19H2,1H3,(H,20,22)(H,21,23). The molecular formula is C18H21N3O3. The summed E-state index contributed by atoms with van der Waals surface area (Å²) in [6.45, 7) is 0.925. The molecule has 0 fully saturated rings. The zero-order valence-electron chi connectivity index (χ0n) is 13.5. The van der Waals surface area contributed by atoms with Crippen LogP contribution in [0.2, 0.25) is 0 Å². The predicted molar refractivity (Wildman–Crippen MR) is 91.0 cm³/mol. The van der Waals surface area contributed by atoms with Gasteiger partial charge in [0.25, 0.3) is 0 Å². The molecule has 0 bridgehead atoms. The molecule has 0 aromatic heterocycles. The van der Waals surface area contributed by atoms with Crippen LogP contribution >= 0.6 is 0 Å². The summed E-state index contributed by atoms with van der Waals surface area (Å²) in [6.07, 6.45) is 0. The highest BCUT2D eigenvalue weighted by Gasteiger charge is 2.13. The highest BCUT2D eigenvalue weighted by Crippen LogP contribution is 2.16. The molecule has 0 aliphatic heterocycles. The minimum absolute atomic E-state index is 0.221. The smallest absolute Gasteiger partial charge is 0.309 e. The van der Waals surface area contributed by atoms with Gasteiger partial charge in [-0.15, -0.1) is 0 Å². The van der Waals surface area contributed by atoms with Gasteiger partial charge in [0, 0.05) is 25.2 Å². The minimum Gasteiger partial charge on any atom is -0.496 e. The number of carbonyl (C=O) groups excluding carboxylic acids is 2. The number of carbonyl (C=O) groups is 2. The molecule has 126 valence electrons. The van der Waals surface area contributed by atoms with E-state index in [0.29, 0.717) is 12.3 Å². The highest BCUT2D eigenvalue weighted by molar-refractivity contribution is 6.35. The molecule has 0 saturated carbocycles. The lowest BCUT2D eigenvalue weighted by molar-refractivity contribution is -0.139. The molecule has 2 amide bonds. The molecule has 0 radical (unpaired) electrons. The zero-order chi connectivity index (χ0) is 17.4. The summed E-state index contributed by atoms with van der Waals surface area (Å²) in [6, 6.07) is 14.8. The van der Waals surface area contributed by atoms with Crippen molar-refractivity contribution in [1.29, 1.82) is 0 Å². The minimum atomic E-state index is -0.684. The van der Waals surface area contributed by atoms with E-state index in [4.69, 9.17) is 10.5 Å². The van der Waals surface area contributed by atoms with E-state index in [-0.39, 0.29) is 13.1 Å². The van der Waals surface area contributed by atoms with E-state index in [1.54, 1.807) is 13.2 Å². The van der Waals surface area contributed by atoms with E-state index in [1.165, 1.54) is 0 Å². The number of nitrogens with two attached hydrogens (primary N) is 1. The second-order valence-corrected chi connectivity index (χ2v) is 5.20. The fourth-order valence-electron chi connectivity index (χ4n) is 2.23. The number of para-hydroxylation sites is 1. The molecule has 0 aliphatic carbocycles. The highest BCUT2D eigenvalue weighted by atomic mass is 16.5. The Hall–Kier alpha value is -2.86. The Bertz CT molecular complexity index is 716. The van der Waals surface area contributed by atoms with Crippen molar-refractivity contribution in [3.05, 3.63) is 65.2 Å². The van der Waals surface area contributed by atoms with Crippen LogP contribution in [0.25, 0.3) is 0 Å². The van der Waals surface area contributed by atoms with Crippen LogP contribution in [0.5, 0.6) is 5.75 Å². The van der Waals surface area contributed by atoms with Crippen molar-refractivity contribution in [2.45, 2.75) is 19.6 Å². The van der Waals surface area contributed by atoms with Gasteiger partial charge < -0.3 is 21.1 Å². The van der Waals surface area contributed by atoms with Crippen LogP contribution in [0.3, 0.4) is 0 Å². The van der Waals surface area contributed by atoms with Crippen LogP contribution in [-0.2, 0) is 29.2 Å². The van der Waals surface area contributed by atoms with Gasteiger partial charge in [0.2, 0.25) is 0 Å². The van der Waals surface area contributed by atoms with Gasteiger partial charge in [0.05, 0.1) is 7.11 Å². The largest absolute Gasteiger partial charge is 0.496 e. The number of hydrogen-bond acceptors (Lipinski definition) is 4. The lowest BCUT2D eigenvalue weighted by Gasteiger charge is -2.10. The second-order valence-electron chi connectivity index (χ2n) is 5.20. The molecule has 6 heteroatoms. The molecular weight excluding hydrogens is 306 g/mol. The Morgan fingerprint density at radius 2 is 1.62 bits per heavy atom. The molecule has 2 aromatic carbocycles. The zero-order valence-corrected chi connectivity index (χ0v) is 13.5. The first-order chi connectivity index (χ1) is 11.6. The first-order valence-electron chi connectivity index (χ1n) is 7.60. The van der Waals surface area contributed by atoms with Crippen LogP contribution in [-0.4, -0.2) is 18.9 Å². The van der Waals surface area contributed by atoms with Crippen LogP contribution in [0.15, 0.2) is 48.5 Å². The number of ether oxygens (including phenoxy) is 1. The summed E-state index contributed by atoms with van der Waals surface area (Å²) in [5.74, 6) is -0.698. The summed E-state index contributed by atoms with van der Waals surface area (Å²) in [4.78, 5) is 23.7. The number of hydrogen-bond donors (Lipinski definition) is 3. The maximum atomic E-state index is 11.9. The molecule has 0 atom stereocenters. The fourth-order valence-corrected chi connectivity index (χ4v) is 2.23. The molecule has 0 spiro atoms. The van der Waals surface area contributed by atoms with Gasteiger partial charge in [-0.25, -0.2) is 0 Å². The summed E-state index contributed by atoms with van der Waals surface area (Å²) in [7, 11) is 1.56. The van der Waals surface area contributed by atoms with Crippen molar-refractivity contribution in [2.75, 3.05) is 7.11 Å². The summed E-state index contributed by atoms with van der Waals surface area (Å²) in [5.41, 5.74) is 8.25. The van der Waals surface area contributed by atoms with Crippen LogP contribution in [0, 0.1) is 0 Å². The quantitative estimate of drug-likeness (QED) is 0.692. The third-order valence-corrected chi connectivity index (χ3v) is 3.52. The van der Waals surface area contributed by atoms with E-state index < -0.39 is 11.8 Å². The van der Waals surface area contributed by atoms with Gasteiger partial charge >= 0.3 is 11.8 Å². The Kier molecular flexibility index (Phi) is 6.33. The molecule has 2 rings (SSSR count). The van der Waals surface area contributed by atoms with Crippen molar-refractivity contribution in [3.8, 4) is 5.75 Å². The van der Waals surface area contributed by atoms with Gasteiger partial charge in [-0.3, -0.25) is 9.59 Å². The molecule has 24 heavy (non-hydrogen) atoms. The topological polar surface area (TPSA) is 93.4 Å². The van der Waals surface area contributed by atoms with E-state index in [9.17, 15) is 9.59 Å². The van der Waals surface area contributed by atoms with E-state index in [0.717, 1.165) is 16.7 Å². The van der Waals surface area contributed by atoms with Gasteiger partial charge in [0.1, 0.15) is 5.75 Å². The Morgan fingerprint density at radius 1 is 0.958 bits per heavy atom. The van der Waals surface area contributed by atoms with E-state index in [2.05, 4.69) is 10.6 Å². The average Bonchev–Trinajstić information content (AvgIpc) is 2.64. The third kappa shape index (κ3) is 4.82. The Morgan fingerprint density at radius 3 is 2.33 bits per heavy atom. The molecule has 4 N–H and O–H groups in total. The predicted octanol–water partition coefficient (Wildman–Crippen LogP) is 1.09. The van der Waals surface area contributed by atoms with Crippen LogP contribution in [0.1, 0.15) is 16.7 Å². The Balaban J connectivity index is 1.84. The maximum absolute atomic E-state index is 11.9. The van der Waals surface area contributed by atoms with Crippen LogP contribution in [0.4, 0.5) is 0 Å². The third-order valence-electron chi connectivity index (χ3n) is 3.52. The lowest BCUT2D eigenvalue weighted by atomic mass is 10.1. The van der Waals surface area contributed by atoms with Gasteiger partial charge in [-0.1, -0.05) is 42.5 Å². The Labute approximate surface area is 141 Å². The molecule has 6 nitrogen and oxygen atoms in total. The molecule has 0 saturated heterocycles. The van der Waals surface area contributed by atoms with Gasteiger partial charge in [-0.2, -0.15) is 0 Å². The van der Waals surface area contributed by atoms with Crippen molar-refractivity contribution >= 4 is 11.8 Å². The number of benzene rings is 2. The lowest BCUT2D eigenvalue weighted by Crippen LogP contribution is -2.39.